The molecule has 1 aromatic carbocycles. The number of anilines is 1. The first-order valence-electron chi connectivity index (χ1n) is 7.47. The SMILES string of the molecule is COCCNC(=O)CCn1c(=O)c(N(C)C)nc2ccccc21. The number of nitrogens with one attached hydrogen (secondary N) is 1. The zero-order valence-electron chi connectivity index (χ0n) is 13.7. The van der Waals surface area contributed by atoms with Crippen LogP contribution >= 0.6 is 0 Å². The summed E-state index contributed by atoms with van der Waals surface area (Å²) >= 11 is 0. The molecule has 0 unspecified atom stereocenters. The largest absolute Gasteiger partial charge is 0.383 e. The van der Waals surface area contributed by atoms with E-state index < -0.39 is 0 Å². The monoisotopic (exact) mass is 318 g/mol. The van der Waals surface area contributed by atoms with Crippen molar-refractivity contribution in [2.24, 2.45) is 0 Å². The summed E-state index contributed by atoms with van der Waals surface area (Å²) in [6.07, 6.45) is 0.227. The molecule has 0 saturated heterocycles. The Bertz CT molecular complexity index is 740. The molecule has 0 fully saturated rings. The molecular weight excluding hydrogens is 296 g/mol. The van der Waals surface area contributed by atoms with Crippen LogP contribution < -0.4 is 15.8 Å². The molecule has 0 aliphatic carbocycles. The van der Waals surface area contributed by atoms with Crippen molar-refractivity contribution in [3.63, 3.8) is 0 Å². The number of benzene rings is 1. The molecule has 0 saturated carbocycles. The Morgan fingerprint density at radius 3 is 2.78 bits per heavy atom. The van der Waals surface area contributed by atoms with Gasteiger partial charge in [-0.05, 0) is 12.1 Å². The van der Waals surface area contributed by atoms with Gasteiger partial charge in [0.25, 0.3) is 5.56 Å². The highest BCUT2D eigenvalue weighted by Crippen LogP contribution is 2.13. The summed E-state index contributed by atoms with van der Waals surface area (Å²) in [7, 11) is 5.14. The first-order chi connectivity index (χ1) is 11.0. The van der Waals surface area contributed by atoms with Gasteiger partial charge in [0.15, 0.2) is 5.82 Å². The summed E-state index contributed by atoms with van der Waals surface area (Å²) in [5.41, 5.74) is 1.27. The van der Waals surface area contributed by atoms with Crippen molar-refractivity contribution in [1.29, 1.82) is 0 Å². The first kappa shape index (κ1) is 17.0. The Morgan fingerprint density at radius 1 is 1.35 bits per heavy atom. The number of methoxy groups -OCH3 is 1. The number of ether oxygens (including phenoxy) is 1. The van der Waals surface area contributed by atoms with Gasteiger partial charge in [0.05, 0.1) is 17.6 Å². The molecule has 1 heterocycles. The van der Waals surface area contributed by atoms with Crippen LogP contribution in [0.4, 0.5) is 5.82 Å². The fraction of sp³-hybridized carbons (Fsp3) is 0.438. The van der Waals surface area contributed by atoms with E-state index >= 15 is 0 Å². The summed E-state index contributed by atoms with van der Waals surface area (Å²) in [5, 5.41) is 2.75. The molecule has 1 amide bonds. The van der Waals surface area contributed by atoms with Gasteiger partial charge < -0.3 is 19.5 Å². The smallest absolute Gasteiger partial charge is 0.293 e. The van der Waals surface area contributed by atoms with Crippen molar-refractivity contribution in [1.82, 2.24) is 14.9 Å². The molecule has 23 heavy (non-hydrogen) atoms. The molecule has 2 rings (SSSR count). The van der Waals surface area contributed by atoms with Crippen LogP contribution in [0.2, 0.25) is 0 Å². The Morgan fingerprint density at radius 2 is 2.09 bits per heavy atom. The minimum atomic E-state index is -0.196. The average molecular weight is 318 g/mol. The second-order valence-corrected chi connectivity index (χ2v) is 5.37. The number of aryl methyl sites for hydroxylation is 1. The zero-order chi connectivity index (χ0) is 16.8. The van der Waals surface area contributed by atoms with Crippen molar-refractivity contribution in [3.8, 4) is 0 Å². The predicted molar refractivity (Wildman–Crippen MR) is 89.8 cm³/mol. The molecule has 0 radical (unpaired) electrons. The maximum Gasteiger partial charge on any atom is 0.293 e. The number of fused-ring (bicyclic) bond motifs is 1. The van der Waals surface area contributed by atoms with Crippen LogP contribution in [0.1, 0.15) is 6.42 Å². The van der Waals surface area contributed by atoms with E-state index in [-0.39, 0.29) is 17.9 Å². The Hall–Kier alpha value is -2.41. The standard InChI is InChI=1S/C16H22N4O3/c1-19(2)15-16(22)20(10-8-14(21)17-9-11-23-3)13-7-5-4-6-12(13)18-15/h4-7H,8-11H2,1-3H3,(H,17,21). The molecule has 0 spiro atoms. The van der Waals surface area contributed by atoms with Crippen LogP contribution in [0.25, 0.3) is 11.0 Å². The molecule has 2 aromatic rings. The minimum absolute atomic E-state index is 0.110. The van der Waals surface area contributed by atoms with Gasteiger partial charge in [-0.25, -0.2) is 4.98 Å². The third-order valence-electron chi connectivity index (χ3n) is 3.45. The van der Waals surface area contributed by atoms with Crippen LogP contribution in [-0.2, 0) is 16.1 Å². The summed E-state index contributed by atoms with van der Waals surface area (Å²) in [4.78, 5) is 30.5. The molecule has 7 nitrogen and oxygen atoms in total. The number of hydrogen-bond acceptors (Lipinski definition) is 5. The predicted octanol–water partition coefficient (Wildman–Crippen LogP) is 0.615. The summed E-state index contributed by atoms with van der Waals surface area (Å²) in [6, 6.07) is 7.43. The number of aromatic nitrogens is 2. The summed E-state index contributed by atoms with van der Waals surface area (Å²) < 4.78 is 6.49. The topological polar surface area (TPSA) is 76.5 Å². The van der Waals surface area contributed by atoms with Gasteiger partial charge in [0, 0.05) is 40.7 Å². The van der Waals surface area contributed by atoms with E-state index in [1.165, 1.54) is 0 Å². The van der Waals surface area contributed by atoms with Crippen LogP contribution in [0.3, 0.4) is 0 Å². The van der Waals surface area contributed by atoms with E-state index in [9.17, 15) is 9.59 Å². The van der Waals surface area contributed by atoms with Gasteiger partial charge in [-0.2, -0.15) is 0 Å². The highest BCUT2D eigenvalue weighted by Gasteiger charge is 2.13. The molecule has 0 aliphatic rings. The Balaban J connectivity index is 2.26. The lowest BCUT2D eigenvalue weighted by molar-refractivity contribution is -0.121. The second kappa shape index (κ2) is 7.73. The highest BCUT2D eigenvalue weighted by molar-refractivity contribution is 5.78. The van der Waals surface area contributed by atoms with Crippen LogP contribution in [0.15, 0.2) is 29.1 Å². The van der Waals surface area contributed by atoms with Gasteiger partial charge in [-0.15, -0.1) is 0 Å². The lowest BCUT2D eigenvalue weighted by atomic mass is 10.2. The maximum absolute atomic E-state index is 12.6. The van der Waals surface area contributed by atoms with Crippen LogP contribution in [-0.4, -0.2) is 49.8 Å². The summed E-state index contributed by atoms with van der Waals surface area (Å²) in [6.45, 7) is 1.24. The van der Waals surface area contributed by atoms with Crippen LogP contribution in [0.5, 0.6) is 0 Å². The molecule has 124 valence electrons. The fourth-order valence-electron chi connectivity index (χ4n) is 2.29. The van der Waals surface area contributed by atoms with Crippen molar-refractivity contribution in [2.45, 2.75) is 13.0 Å². The third-order valence-corrected chi connectivity index (χ3v) is 3.45. The van der Waals surface area contributed by atoms with E-state index in [1.807, 2.05) is 24.3 Å². The lowest BCUT2D eigenvalue weighted by Crippen LogP contribution is -2.32. The molecular formula is C16H22N4O3. The van der Waals surface area contributed by atoms with Gasteiger partial charge in [0.2, 0.25) is 5.91 Å². The Labute approximate surface area is 134 Å². The second-order valence-electron chi connectivity index (χ2n) is 5.37. The quantitative estimate of drug-likeness (QED) is 0.757. The molecule has 1 aromatic heterocycles. The van der Waals surface area contributed by atoms with E-state index in [0.29, 0.717) is 25.5 Å². The third kappa shape index (κ3) is 4.07. The number of carbonyl (C=O) groups is 1. The zero-order valence-corrected chi connectivity index (χ0v) is 13.7. The molecule has 0 bridgehead atoms. The van der Waals surface area contributed by atoms with Crippen LogP contribution in [0, 0.1) is 0 Å². The lowest BCUT2D eigenvalue weighted by Gasteiger charge is -2.16. The first-order valence-corrected chi connectivity index (χ1v) is 7.47. The van der Waals surface area contributed by atoms with Crippen molar-refractivity contribution in [2.75, 3.05) is 39.3 Å². The van der Waals surface area contributed by atoms with Gasteiger partial charge in [0.1, 0.15) is 0 Å². The fourth-order valence-corrected chi connectivity index (χ4v) is 2.29. The van der Waals surface area contributed by atoms with E-state index in [4.69, 9.17) is 4.74 Å². The van der Waals surface area contributed by atoms with Crippen molar-refractivity contribution >= 4 is 22.8 Å². The summed E-state index contributed by atoms with van der Waals surface area (Å²) in [5.74, 6) is 0.254. The highest BCUT2D eigenvalue weighted by atomic mass is 16.5. The number of para-hydroxylation sites is 2. The molecule has 7 heteroatoms. The minimum Gasteiger partial charge on any atom is -0.383 e. The van der Waals surface area contributed by atoms with Crippen molar-refractivity contribution in [3.05, 3.63) is 34.6 Å². The number of hydrogen-bond donors (Lipinski definition) is 1. The molecule has 0 atom stereocenters. The molecule has 1 N–H and O–H groups in total. The van der Waals surface area contributed by atoms with E-state index in [0.717, 1.165) is 11.0 Å². The van der Waals surface area contributed by atoms with Gasteiger partial charge in [-0.3, -0.25) is 9.59 Å². The number of nitrogens with zero attached hydrogens (tertiary/aromatic N) is 3. The normalized spacial score (nSPS) is 10.7. The van der Waals surface area contributed by atoms with E-state index in [2.05, 4.69) is 10.3 Å². The van der Waals surface area contributed by atoms with E-state index in [1.54, 1.807) is 30.7 Å². The number of carbonyl (C=O) groups excluding carboxylic acids is 1. The van der Waals surface area contributed by atoms with Gasteiger partial charge in [-0.1, -0.05) is 12.1 Å². The number of amides is 1. The van der Waals surface area contributed by atoms with Crippen molar-refractivity contribution < 1.29 is 9.53 Å². The maximum atomic E-state index is 12.6. The Kier molecular flexibility index (Phi) is 5.70. The average Bonchev–Trinajstić information content (AvgIpc) is 2.53. The van der Waals surface area contributed by atoms with Gasteiger partial charge >= 0.3 is 0 Å². The molecule has 0 aliphatic heterocycles. The number of rotatable bonds is 7.